The molecule has 2 aromatic carbocycles. The normalized spacial score (nSPS) is 16.5. The van der Waals surface area contributed by atoms with Crippen LogP contribution in [0.25, 0.3) is 16.5 Å². The van der Waals surface area contributed by atoms with Crippen LogP contribution in [0.5, 0.6) is 0 Å². The summed E-state index contributed by atoms with van der Waals surface area (Å²) in [4.78, 5) is 23.3. The summed E-state index contributed by atoms with van der Waals surface area (Å²) in [6, 6.07) is 12.0. The first-order valence-electron chi connectivity index (χ1n) is 9.10. The van der Waals surface area contributed by atoms with E-state index in [1.54, 1.807) is 12.1 Å². The van der Waals surface area contributed by atoms with E-state index in [9.17, 15) is 9.18 Å². The second-order valence-corrected chi connectivity index (χ2v) is 6.89. The van der Waals surface area contributed by atoms with Crippen molar-refractivity contribution in [2.45, 2.75) is 13.0 Å². The number of hydrogen-bond acceptors (Lipinski definition) is 5. The Balaban J connectivity index is 1.38. The van der Waals surface area contributed by atoms with E-state index in [4.69, 9.17) is 0 Å². The lowest BCUT2D eigenvalue weighted by molar-refractivity contribution is 0.0995. The Bertz CT molecular complexity index is 1150. The van der Waals surface area contributed by atoms with E-state index in [1.807, 2.05) is 18.2 Å². The van der Waals surface area contributed by atoms with Gasteiger partial charge in [-0.05, 0) is 41.8 Å². The lowest BCUT2D eigenvalue weighted by atomic mass is 9.99. The fourth-order valence-corrected chi connectivity index (χ4v) is 3.66. The second kappa shape index (κ2) is 6.69. The number of carbonyl (C=O) groups excluding carboxylic acids is 1. The SMILES string of the molecule is O=C1N=Nc2nc(CN3CC=C(c4ccc(F)cc4)CC3)nc3cccc1c23. The molecule has 5 rings (SSSR count). The van der Waals surface area contributed by atoms with Crippen LogP contribution in [0.2, 0.25) is 0 Å². The van der Waals surface area contributed by atoms with Crippen LogP contribution in [0.3, 0.4) is 0 Å². The van der Waals surface area contributed by atoms with Crippen molar-refractivity contribution >= 4 is 28.2 Å². The predicted molar refractivity (Wildman–Crippen MR) is 103 cm³/mol. The maximum Gasteiger partial charge on any atom is 0.296 e. The van der Waals surface area contributed by atoms with Gasteiger partial charge in [-0.2, -0.15) is 0 Å². The van der Waals surface area contributed by atoms with E-state index in [0.29, 0.717) is 34.7 Å². The van der Waals surface area contributed by atoms with Gasteiger partial charge >= 0.3 is 0 Å². The number of carbonyl (C=O) groups is 1. The lowest BCUT2D eigenvalue weighted by Gasteiger charge is -2.26. The molecule has 0 saturated heterocycles. The number of nitrogens with zero attached hydrogens (tertiary/aromatic N) is 5. The molecule has 0 bridgehead atoms. The molecule has 2 aliphatic heterocycles. The molecular weight excluding hydrogens is 357 g/mol. The summed E-state index contributed by atoms with van der Waals surface area (Å²) in [5.74, 6) is 0.534. The predicted octanol–water partition coefficient (Wildman–Crippen LogP) is 4.30. The average molecular weight is 373 g/mol. The number of halogens is 1. The minimum Gasteiger partial charge on any atom is -0.292 e. The molecular formula is C21H16FN5O. The third kappa shape index (κ3) is 2.99. The van der Waals surface area contributed by atoms with Crippen molar-refractivity contribution in [2.75, 3.05) is 13.1 Å². The Morgan fingerprint density at radius 3 is 2.68 bits per heavy atom. The summed E-state index contributed by atoms with van der Waals surface area (Å²) in [5, 5.41) is 8.32. The van der Waals surface area contributed by atoms with E-state index in [-0.39, 0.29) is 11.7 Å². The second-order valence-electron chi connectivity index (χ2n) is 6.89. The molecule has 0 spiro atoms. The van der Waals surface area contributed by atoms with Crippen molar-refractivity contribution in [3.63, 3.8) is 0 Å². The summed E-state index contributed by atoms with van der Waals surface area (Å²) in [7, 11) is 0. The van der Waals surface area contributed by atoms with Crippen LogP contribution in [-0.4, -0.2) is 33.9 Å². The van der Waals surface area contributed by atoms with Gasteiger partial charge in [0.05, 0.1) is 23.0 Å². The van der Waals surface area contributed by atoms with Gasteiger partial charge in [-0.25, -0.2) is 14.4 Å². The molecule has 138 valence electrons. The number of amides is 1. The van der Waals surface area contributed by atoms with Crippen LogP contribution in [0, 0.1) is 5.82 Å². The third-order valence-electron chi connectivity index (χ3n) is 5.09. The van der Waals surface area contributed by atoms with E-state index >= 15 is 0 Å². The average Bonchev–Trinajstić information content (AvgIpc) is 2.72. The Morgan fingerprint density at radius 1 is 1.04 bits per heavy atom. The first kappa shape index (κ1) is 16.8. The van der Waals surface area contributed by atoms with Gasteiger partial charge in [0.15, 0.2) is 5.82 Å². The Morgan fingerprint density at radius 2 is 1.89 bits per heavy atom. The monoisotopic (exact) mass is 373 g/mol. The zero-order valence-electron chi connectivity index (χ0n) is 15.0. The summed E-state index contributed by atoms with van der Waals surface area (Å²) in [6.45, 7) is 2.22. The summed E-state index contributed by atoms with van der Waals surface area (Å²) in [6.07, 6.45) is 3.04. The largest absolute Gasteiger partial charge is 0.296 e. The molecule has 0 radical (unpaired) electrons. The molecule has 6 nitrogen and oxygen atoms in total. The number of aromatic nitrogens is 2. The van der Waals surface area contributed by atoms with Crippen molar-refractivity contribution in [3.8, 4) is 0 Å². The van der Waals surface area contributed by atoms with Gasteiger partial charge in [0.25, 0.3) is 5.91 Å². The van der Waals surface area contributed by atoms with Gasteiger partial charge < -0.3 is 0 Å². The highest BCUT2D eigenvalue weighted by Crippen LogP contribution is 2.31. The minimum atomic E-state index is -0.357. The Kier molecular flexibility index (Phi) is 4.02. The summed E-state index contributed by atoms with van der Waals surface area (Å²) in [5.41, 5.74) is 3.50. The molecule has 0 aliphatic carbocycles. The van der Waals surface area contributed by atoms with Crippen LogP contribution < -0.4 is 0 Å². The fraction of sp³-hybridized carbons (Fsp3) is 0.190. The third-order valence-corrected chi connectivity index (χ3v) is 5.09. The molecule has 1 aromatic heterocycles. The summed E-state index contributed by atoms with van der Waals surface area (Å²) >= 11 is 0. The van der Waals surface area contributed by atoms with Crippen LogP contribution in [0.1, 0.15) is 28.2 Å². The zero-order chi connectivity index (χ0) is 19.1. The number of azo groups is 1. The fourth-order valence-electron chi connectivity index (χ4n) is 3.66. The van der Waals surface area contributed by atoms with Crippen molar-refractivity contribution in [1.82, 2.24) is 14.9 Å². The van der Waals surface area contributed by atoms with Gasteiger partial charge in [-0.15, -0.1) is 10.2 Å². The number of rotatable bonds is 3. The molecule has 28 heavy (non-hydrogen) atoms. The number of benzene rings is 2. The van der Waals surface area contributed by atoms with Gasteiger partial charge in [0.2, 0.25) is 0 Å². The maximum atomic E-state index is 13.1. The van der Waals surface area contributed by atoms with Gasteiger partial charge in [0, 0.05) is 13.1 Å². The Hall–Kier alpha value is -3.32. The number of hydrogen-bond donors (Lipinski definition) is 0. The van der Waals surface area contributed by atoms with Crippen LogP contribution in [-0.2, 0) is 6.54 Å². The molecule has 0 N–H and O–H groups in total. The van der Waals surface area contributed by atoms with E-state index < -0.39 is 0 Å². The minimum absolute atomic E-state index is 0.221. The smallest absolute Gasteiger partial charge is 0.292 e. The van der Waals surface area contributed by atoms with Crippen LogP contribution in [0.4, 0.5) is 10.2 Å². The topological polar surface area (TPSA) is 70.8 Å². The van der Waals surface area contributed by atoms with Crippen LogP contribution >= 0.6 is 0 Å². The van der Waals surface area contributed by atoms with Gasteiger partial charge in [-0.3, -0.25) is 9.69 Å². The standard InChI is InChI=1S/C21H16FN5O/c22-15-6-4-13(5-7-15)14-8-10-27(11-9-14)12-18-23-17-3-1-2-16-19(17)20(24-18)25-26-21(16)28/h1-8H,9-12H2. The molecule has 2 aliphatic rings. The molecule has 7 heteroatoms. The van der Waals surface area contributed by atoms with Crippen molar-refractivity contribution in [2.24, 2.45) is 10.2 Å². The highest BCUT2D eigenvalue weighted by molar-refractivity contribution is 6.11. The van der Waals surface area contributed by atoms with Gasteiger partial charge in [-0.1, -0.05) is 24.3 Å². The quantitative estimate of drug-likeness (QED) is 0.686. The van der Waals surface area contributed by atoms with Gasteiger partial charge in [0.1, 0.15) is 11.6 Å². The molecule has 0 fully saturated rings. The maximum absolute atomic E-state index is 13.1. The molecule has 1 amide bonds. The van der Waals surface area contributed by atoms with Crippen molar-refractivity contribution < 1.29 is 9.18 Å². The summed E-state index contributed by atoms with van der Waals surface area (Å²) < 4.78 is 13.1. The molecule has 3 heterocycles. The van der Waals surface area contributed by atoms with E-state index in [1.165, 1.54) is 17.7 Å². The van der Waals surface area contributed by atoms with Crippen molar-refractivity contribution in [3.05, 3.63) is 71.3 Å². The van der Waals surface area contributed by atoms with E-state index in [0.717, 1.165) is 25.1 Å². The molecule has 0 atom stereocenters. The first-order chi connectivity index (χ1) is 13.7. The highest BCUT2D eigenvalue weighted by Gasteiger charge is 2.21. The highest BCUT2D eigenvalue weighted by atomic mass is 19.1. The lowest BCUT2D eigenvalue weighted by Crippen LogP contribution is -2.29. The molecule has 0 unspecified atom stereocenters. The first-order valence-corrected chi connectivity index (χ1v) is 9.10. The molecule has 3 aromatic rings. The Labute approximate surface area is 160 Å². The van der Waals surface area contributed by atoms with Crippen molar-refractivity contribution in [1.29, 1.82) is 0 Å². The van der Waals surface area contributed by atoms with Crippen LogP contribution in [0.15, 0.2) is 58.8 Å². The molecule has 0 saturated carbocycles. The zero-order valence-corrected chi connectivity index (χ0v) is 15.0. The van der Waals surface area contributed by atoms with E-state index in [2.05, 4.69) is 31.2 Å².